The predicted molar refractivity (Wildman–Crippen MR) is 89.4 cm³/mol. The number of fused-ring (bicyclic) bond motifs is 1. The predicted octanol–water partition coefficient (Wildman–Crippen LogP) is 3.52. The normalized spacial score (nSPS) is 12.4. The Hall–Kier alpha value is -2.05. The monoisotopic (exact) mass is 281 g/mol. The first-order chi connectivity index (χ1) is 10.0. The van der Waals surface area contributed by atoms with Gasteiger partial charge in [-0.1, -0.05) is 38.1 Å². The lowest BCUT2D eigenvalue weighted by Gasteiger charge is -2.24. The molecule has 1 unspecified atom stereocenters. The SMILES string of the molecule is CC(C)C(N)CCN(C)c1ccc(C#N)c2ccccc12. The zero-order chi connectivity index (χ0) is 15.4. The second-order valence-corrected chi connectivity index (χ2v) is 5.91. The third-order valence-corrected chi connectivity index (χ3v) is 4.09. The van der Waals surface area contributed by atoms with Crippen molar-refractivity contribution in [2.45, 2.75) is 26.3 Å². The van der Waals surface area contributed by atoms with Crippen LogP contribution in [0, 0.1) is 17.2 Å². The van der Waals surface area contributed by atoms with Crippen molar-refractivity contribution < 1.29 is 0 Å². The molecule has 0 radical (unpaired) electrons. The summed E-state index contributed by atoms with van der Waals surface area (Å²) < 4.78 is 0. The smallest absolute Gasteiger partial charge is 0.0998 e. The minimum Gasteiger partial charge on any atom is -0.374 e. The Labute approximate surface area is 127 Å². The zero-order valence-corrected chi connectivity index (χ0v) is 13.0. The van der Waals surface area contributed by atoms with E-state index < -0.39 is 0 Å². The van der Waals surface area contributed by atoms with Crippen molar-refractivity contribution in [3.8, 4) is 6.07 Å². The summed E-state index contributed by atoms with van der Waals surface area (Å²) in [5.74, 6) is 0.496. The van der Waals surface area contributed by atoms with Crippen molar-refractivity contribution in [2.75, 3.05) is 18.5 Å². The molecule has 2 aromatic carbocycles. The van der Waals surface area contributed by atoms with Gasteiger partial charge in [-0.2, -0.15) is 5.26 Å². The van der Waals surface area contributed by atoms with Gasteiger partial charge in [0.1, 0.15) is 0 Å². The molecular weight excluding hydrogens is 258 g/mol. The molecule has 3 heteroatoms. The van der Waals surface area contributed by atoms with Crippen LogP contribution in [0.25, 0.3) is 10.8 Å². The van der Waals surface area contributed by atoms with Gasteiger partial charge in [0.15, 0.2) is 0 Å². The number of hydrogen-bond acceptors (Lipinski definition) is 3. The Bertz CT molecular complexity index is 655. The van der Waals surface area contributed by atoms with E-state index in [4.69, 9.17) is 5.73 Å². The maximum atomic E-state index is 9.22. The molecule has 1 atom stereocenters. The van der Waals surface area contributed by atoms with E-state index >= 15 is 0 Å². The van der Waals surface area contributed by atoms with Crippen LogP contribution in [0.5, 0.6) is 0 Å². The van der Waals surface area contributed by atoms with Gasteiger partial charge in [0.25, 0.3) is 0 Å². The van der Waals surface area contributed by atoms with Crippen molar-refractivity contribution in [2.24, 2.45) is 11.7 Å². The zero-order valence-electron chi connectivity index (χ0n) is 13.0. The Kier molecular flexibility index (Phi) is 4.82. The van der Waals surface area contributed by atoms with E-state index in [2.05, 4.69) is 37.9 Å². The third-order valence-electron chi connectivity index (χ3n) is 4.09. The Morgan fingerprint density at radius 2 is 1.81 bits per heavy atom. The summed E-state index contributed by atoms with van der Waals surface area (Å²) >= 11 is 0. The van der Waals surface area contributed by atoms with E-state index in [1.807, 2.05) is 30.3 Å². The van der Waals surface area contributed by atoms with Gasteiger partial charge in [0.2, 0.25) is 0 Å². The quantitative estimate of drug-likeness (QED) is 0.912. The lowest BCUT2D eigenvalue weighted by molar-refractivity contribution is 0.466. The van der Waals surface area contributed by atoms with Crippen molar-refractivity contribution in [1.82, 2.24) is 0 Å². The van der Waals surface area contributed by atoms with Gasteiger partial charge in [0, 0.05) is 36.1 Å². The average molecular weight is 281 g/mol. The lowest BCUT2D eigenvalue weighted by Crippen LogP contribution is -2.31. The molecule has 0 spiro atoms. The third kappa shape index (κ3) is 3.34. The maximum Gasteiger partial charge on any atom is 0.0998 e. The molecule has 0 saturated heterocycles. The highest BCUT2D eigenvalue weighted by molar-refractivity contribution is 5.97. The second-order valence-electron chi connectivity index (χ2n) is 5.91. The standard InChI is InChI=1S/C18H23N3/c1-13(2)17(20)10-11-21(3)18-9-8-14(12-19)15-6-4-5-7-16(15)18/h4-9,13,17H,10-11,20H2,1-3H3. The Morgan fingerprint density at radius 1 is 1.14 bits per heavy atom. The molecular formula is C18H23N3. The average Bonchev–Trinajstić information content (AvgIpc) is 2.50. The topological polar surface area (TPSA) is 53.0 Å². The first-order valence-electron chi connectivity index (χ1n) is 7.43. The van der Waals surface area contributed by atoms with Crippen LogP contribution in [-0.4, -0.2) is 19.6 Å². The van der Waals surface area contributed by atoms with Crippen molar-refractivity contribution in [3.05, 3.63) is 42.0 Å². The minimum absolute atomic E-state index is 0.220. The van der Waals surface area contributed by atoms with Crippen molar-refractivity contribution in [1.29, 1.82) is 5.26 Å². The molecule has 2 rings (SSSR count). The fraction of sp³-hybridized carbons (Fsp3) is 0.389. The Balaban J connectivity index is 2.28. The highest BCUT2D eigenvalue weighted by atomic mass is 15.1. The molecule has 3 nitrogen and oxygen atoms in total. The molecule has 0 aliphatic rings. The van der Waals surface area contributed by atoms with Gasteiger partial charge < -0.3 is 10.6 Å². The van der Waals surface area contributed by atoms with Crippen LogP contribution in [0.1, 0.15) is 25.8 Å². The highest BCUT2D eigenvalue weighted by Gasteiger charge is 2.12. The van der Waals surface area contributed by atoms with Crippen LogP contribution in [0.4, 0.5) is 5.69 Å². The summed E-state index contributed by atoms with van der Waals surface area (Å²) in [5.41, 5.74) is 8.01. The van der Waals surface area contributed by atoms with Crippen LogP contribution in [-0.2, 0) is 0 Å². The Morgan fingerprint density at radius 3 is 2.43 bits per heavy atom. The fourth-order valence-electron chi connectivity index (χ4n) is 2.51. The number of nitrogens with two attached hydrogens (primary N) is 1. The van der Waals surface area contributed by atoms with Gasteiger partial charge in [-0.3, -0.25) is 0 Å². The van der Waals surface area contributed by atoms with Gasteiger partial charge in [-0.25, -0.2) is 0 Å². The van der Waals surface area contributed by atoms with E-state index in [0.29, 0.717) is 5.92 Å². The van der Waals surface area contributed by atoms with Crippen molar-refractivity contribution >= 4 is 16.5 Å². The number of rotatable bonds is 5. The van der Waals surface area contributed by atoms with Crippen LogP contribution in [0.2, 0.25) is 0 Å². The summed E-state index contributed by atoms with van der Waals surface area (Å²) in [6.45, 7) is 5.22. The highest BCUT2D eigenvalue weighted by Crippen LogP contribution is 2.28. The molecule has 21 heavy (non-hydrogen) atoms. The summed E-state index contributed by atoms with van der Waals surface area (Å²) in [7, 11) is 2.08. The van der Waals surface area contributed by atoms with E-state index in [0.717, 1.165) is 35.0 Å². The maximum absolute atomic E-state index is 9.22. The van der Waals surface area contributed by atoms with Gasteiger partial charge >= 0.3 is 0 Å². The summed E-state index contributed by atoms with van der Waals surface area (Å²) in [6, 6.07) is 14.5. The largest absolute Gasteiger partial charge is 0.374 e. The van der Waals surface area contributed by atoms with Gasteiger partial charge in [-0.05, 0) is 24.5 Å². The van der Waals surface area contributed by atoms with Crippen molar-refractivity contribution in [3.63, 3.8) is 0 Å². The summed E-state index contributed by atoms with van der Waals surface area (Å²) in [6.07, 6.45) is 0.961. The van der Waals surface area contributed by atoms with Crippen LogP contribution in [0.15, 0.2) is 36.4 Å². The first-order valence-corrected chi connectivity index (χ1v) is 7.43. The molecule has 110 valence electrons. The van der Waals surface area contributed by atoms with E-state index in [-0.39, 0.29) is 6.04 Å². The molecule has 0 fully saturated rings. The van der Waals surface area contributed by atoms with Gasteiger partial charge in [-0.15, -0.1) is 0 Å². The fourth-order valence-corrected chi connectivity index (χ4v) is 2.51. The molecule has 0 heterocycles. The first kappa shape index (κ1) is 15.3. The molecule has 0 amide bonds. The molecule has 0 bridgehead atoms. The van der Waals surface area contributed by atoms with E-state index in [1.54, 1.807) is 0 Å². The minimum atomic E-state index is 0.220. The molecule has 2 N–H and O–H groups in total. The van der Waals surface area contributed by atoms with Crippen LogP contribution < -0.4 is 10.6 Å². The number of benzene rings is 2. The molecule has 2 aromatic rings. The number of nitrogens with zero attached hydrogens (tertiary/aromatic N) is 2. The lowest BCUT2D eigenvalue weighted by atomic mass is 10.0. The summed E-state index contributed by atoms with van der Waals surface area (Å²) in [5, 5.41) is 11.4. The summed E-state index contributed by atoms with van der Waals surface area (Å²) in [4.78, 5) is 2.23. The second kappa shape index (κ2) is 6.60. The van der Waals surface area contributed by atoms with Crippen LogP contribution >= 0.6 is 0 Å². The number of anilines is 1. The van der Waals surface area contributed by atoms with Gasteiger partial charge in [0.05, 0.1) is 11.6 Å². The molecule has 0 aliphatic carbocycles. The molecule has 0 aromatic heterocycles. The molecule has 0 aliphatic heterocycles. The number of hydrogen-bond donors (Lipinski definition) is 1. The van der Waals surface area contributed by atoms with E-state index in [9.17, 15) is 5.26 Å². The van der Waals surface area contributed by atoms with Crippen LogP contribution in [0.3, 0.4) is 0 Å². The van der Waals surface area contributed by atoms with E-state index in [1.165, 1.54) is 0 Å². The molecule has 0 saturated carbocycles. The number of nitriles is 1.